The molecule has 1 aliphatic heterocycles. The van der Waals surface area contributed by atoms with E-state index < -0.39 is 64.4 Å². The third kappa shape index (κ3) is 10.1. The quantitative estimate of drug-likeness (QED) is 0.178. The number of carboxylic acid groups (broad SMARTS) is 1. The average molecular weight is 733 g/mol. The lowest BCUT2D eigenvalue weighted by atomic mass is 9.85. The summed E-state index contributed by atoms with van der Waals surface area (Å²) in [6, 6.07) is 19.2. The standard InChI is InChI=1S/C34H35Cl2N3O9S/c1-21(2)31(39-49(45,46)20-23-12-7-4-8-13-23)27-18-34(48-38-27,17-22-10-5-3-6-11-22)33(44)37-26(16-29(41)42)28(40)19-47-32(43)30-24(35)14-9-15-25(30)36/h3-15,21,26,31,39H,16-20H2,1-2H3,(H,37,44)(H,41,42)/t26-,31-,34?/m0/s1. The molecule has 1 unspecified atom stereocenters. The second kappa shape index (κ2) is 16.4. The normalized spacial score (nSPS) is 17.0. The van der Waals surface area contributed by atoms with Crippen LogP contribution in [0.15, 0.2) is 84.0 Å². The molecular weight excluding hydrogens is 697 g/mol. The zero-order chi connectivity index (χ0) is 35.8. The van der Waals surface area contributed by atoms with E-state index in [9.17, 15) is 32.7 Å². The maximum absolute atomic E-state index is 14.0. The van der Waals surface area contributed by atoms with Crippen LogP contribution in [0.1, 0.15) is 48.2 Å². The summed E-state index contributed by atoms with van der Waals surface area (Å²) in [5, 5.41) is 16.2. The van der Waals surface area contributed by atoms with Crippen LogP contribution in [0.25, 0.3) is 0 Å². The number of carbonyl (C=O) groups is 4. The third-order valence-corrected chi connectivity index (χ3v) is 9.62. The average Bonchev–Trinajstić information content (AvgIpc) is 3.47. The molecule has 260 valence electrons. The molecule has 3 aromatic rings. The Hall–Kier alpha value is -4.30. The number of aliphatic carboxylic acids is 1. The zero-order valence-electron chi connectivity index (χ0n) is 26.6. The number of sulfonamides is 1. The molecule has 0 aliphatic carbocycles. The molecule has 0 spiro atoms. The van der Waals surface area contributed by atoms with Gasteiger partial charge in [-0.1, -0.05) is 109 Å². The van der Waals surface area contributed by atoms with Crippen LogP contribution >= 0.6 is 23.2 Å². The van der Waals surface area contributed by atoms with Crippen LogP contribution in [0.4, 0.5) is 0 Å². The highest BCUT2D eigenvalue weighted by Gasteiger charge is 2.50. The summed E-state index contributed by atoms with van der Waals surface area (Å²) >= 11 is 12.1. The molecule has 49 heavy (non-hydrogen) atoms. The molecule has 0 aromatic heterocycles. The summed E-state index contributed by atoms with van der Waals surface area (Å²) in [7, 11) is -3.87. The largest absolute Gasteiger partial charge is 0.481 e. The predicted molar refractivity (Wildman–Crippen MR) is 183 cm³/mol. The third-order valence-electron chi connectivity index (χ3n) is 7.67. The molecule has 15 heteroatoms. The van der Waals surface area contributed by atoms with E-state index in [2.05, 4.69) is 15.2 Å². The number of carboxylic acids is 1. The number of Topliss-reactive ketones (excluding diaryl/α,β-unsaturated/α-hetero) is 1. The van der Waals surface area contributed by atoms with Gasteiger partial charge < -0.3 is 20.0 Å². The van der Waals surface area contributed by atoms with Crippen molar-refractivity contribution in [3.8, 4) is 0 Å². The van der Waals surface area contributed by atoms with Crippen molar-refractivity contribution in [2.75, 3.05) is 6.61 Å². The minimum absolute atomic E-state index is 0.0144. The Bertz CT molecular complexity index is 1800. The molecule has 1 amide bonds. The summed E-state index contributed by atoms with van der Waals surface area (Å²) in [5.41, 5.74) is -0.485. The number of amides is 1. The van der Waals surface area contributed by atoms with Gasteiger partial charge in [-0.3, -0.25) is 14.4 Å². The first-order valence-electron chi connectivity index (χ1n) is 15.2. The van der Waals surface area contributed by atoms with E-state index in [-0.39, 0.29) is 45.8 Å². The van der Waals surface area contributed by atoms with Crippen LogP contribution in [0.2, 0.25) is 10.0 Å². The number of carbonyl (C=O) groups excluding carboxylic acids is 3. The van der Waals surface area contributed by atoms with Crippen molar-refractivity contribution < 1.29 is 42.3 Å². The molecule has 4 rings (SSSR count). The van der Waals surface area contributed by atoms with Crippen molar-refractivity contribution in [2.45, 2.75) is 56.5 Å². The molecular formula is C34H35Cl2N3O9S. The van der Waals surface area contributed by atoms with Gasteiger partial charge in [0.1, 0.15) is 6.04 Å². The van der Waals surface area contributed by atoms with Gasteiger partial charge in [-0.2, -0.15) is 0 Å². The van der Waals surface area contributed by atoms with Crippen molar-refractivity contribution in [3.05, 3.63) is 106 Å². The van der Waals surface area contributed by atoms with Crippen LogP contribution in [-0.4, -0.2) is 67.2 Å². The van der Waals surface area contributed by atoms with Gasteiger partial charge >= 0.3 is 11.9 Å². The van der Waals surface area contributed by atoms with E-state index in [4.69, 9.17) is 32.8 Å². The summed E-state index contributed by atoms with van der Waals surface area (Å²) in [5.74, 6) is -4.82. The van der Waals surface area contributed by atoms with E-state index in [1.807, 2.05) is 0 Å². The number of nitrogens with one attached hydrogen (secondary N) is 2. The molecule has 0 fully saturated rings. The molecule has 0 saturated heterocycles. The lowest BCUT2D eigenvalue weighted by molar-refractivity contribution is -0.148. The van der Waals surface area contributed by atoms with E-state index in [1.165, 1.54) is 18.2 Å². The Balaban J connectivity index is 1.55. The molecule has 3 aromatic carbocycles. The number of rotatable bonds is 16. The Kier molecular flexibility index (Phi) is 12.6. The second-order valence-corrected chi connectivity index (χ2v) is 14.4. The smallest absolute Gasteiger partial charge is 0.341 e. The van der Waals surface area contributed by atoms with Crippen molar-refractivity contribution >= 4 is 62.6 Å². The number of hydrogen-bond acceptors (Lipinski definition) is 9. The summed E-state index contributed by atoms with van der Waals surface area (Å²) in [6.07, 6.45) is -1.07. The Morgan fingerprint density at radius 3 is 2.10 bits per heavy atom. The summed E-state index contributed by atoms with van der Waals surface area (Å²) in [4.78, 5) is 57.5. The van der Waals surface area contributed by atoms with Gasteiger partial charge in [0.05, 0.1) is 39.5 Å². The Morgan fingerprint density at radius 2 is 1.53 bits per heavy atom. The van der Waals surface area contributed by atoms with Gasteiger partial charge in [-0.05, 0) is 29.2 Å². The van der Waals surface area contributed by atoms with Gasteiger partial charge in [0.15, 0.2) is 12.4 Å². The molecule has 1 aliphatic rings. The number of oxime groups is 1. The number of halogens is 2. The maximum Gasteiger partial charge on any atom is 0.341 e. The Labute approximate surface area is 293 Å². The van der Waals surface area contributed by atoms with Gasteiger partial charge in [-0.15, -0.1) is 0 Å². The summed E-state index contributed by atoms with van der Waals surface area (Å²) in [6.45, 7) is 2.67. The van der Waals surface area contributed by atoms with E-state index in [0.29, 0.717) is 11.1 Å². The highest BCUT2D eigenvalue weighted by atomic mass is 35.5. The molecule has 3 atom stereocenters. The lowest BCUT2D eigenvalue weighted by Crippen LogP contribution is -2.55. The SMILES string of the molecule is CC(C)[C@H](NS(=O)(=O)Cc1ccccc1)C1=NOC(Cc2ccccc2)(C(=O)N[C@@H](CC(=O)O)C(=O)COC(=O)c2c(Cl)cccc2Cl)C1. The van der Waals surface area contributed by atoms with Gasteiger partial charge in [0.2, 0.25) is 15.6 Å². The Morgan fingerprint density at radius 1 is 0.939 bits per heavy atom. The second-order valence-electron chi connectivity index (χ2n) is 11.9. The van der Waals surface area contributed by atoms with Crippen LogP contribution in [-0.2, 0) is 46.2 Å². The highest BCUT2D eigenvalue weighted by molar-refractivity contribution is 7.88. The van der Waals surface area contributed by atoms with E-state index in [0.717, 1.165) is 0 Å². The van der Waals surface area contributed by atoms with Gasteiger partial charge in [0, 0.05) is 12.8 Å². The number of ketones is 1. The molecule has 12 nitrogen and oxygen atoms in total. The monoisotopic (exact) mass is 731 g/mol. The highest BCUT2D eigenvalue weighted by Crippen LogP contribution is 2.32. The number of ether oxygens (including phenoxy) is 1. The van der Waals surface area contributed by atoms with Gasteiger partial charge in [0.25, 0.3) is 5.91 Å². The fourth-order valence-electron chi connectivity index (χ4n) is 5.22. The van der Waals surface area contributed by atoms with E-state index >= 15 is 0 Å². The van der Waals surface area contributed by atoms with Crippen LogP contribution in [0.5, 0.6) is 0 Å². The van der Waals surface area contributed by atoms with Crippen LogP contribution < -0.4 is 10.0 Å². The molecule has 3 N–H and O–H groups in total. The van der Waals surface area contributed by atoms with Crippen molar-refractivity contribution in [1.82, 2.24) is 10.0 Å². The van der Waals surface area contributed by atoms with Crippen molar-refractivity contribution in [2.24, 2.45) is 11.1 Å². The van der Waals surface area contributed by atoms with Gasteiger partial charge in [-0.25, -0.2) is 17.9 Å². The minimum atomic E-state index is -3.87. The zero-order valence-corrected chi connectivity index (χ0v) is 28.9. The van der Waals surface area contributed by atoms with Crippen LogP contribution in [0.3, 0.4) is 0 Å². The lowest BCUT2D eigenvalue weighted by Gasteiger charge is -2.29. The van der Waals surface area contributed by atoms with Crippen LogP contribution in [0, 0.1) is 5.92 Å². The summed E-state index contributed by atoms with van der Waals surface area (Å²) < 4.78 is 34.2. The minimum Gasteiger partial charge on any atom is -0.481 e. The maximum atomic E-state index is 14.0. The molecule has 0 saturated carbocycles. The fourth-order valence-corrected chi connectivity index (χ4v) is 7.28. The first-order valence-corrected chi connectivity index (χ1v) is 17.6. The number of nitrogens with zero attached hydrogens (tertiary/aromatic N) is 1. The molecule has 0 radical (unpaired) electrons. The van der Waals surface area contributed by atoms with Crippen molar-refractivity contribution in [3.63, 3.8) is 0 Å². The number of hydrogen-bond donors (Lipinski definition) is 3. The van der Waals surface area contributed by atoms with Crippen molar-refractivity contribution in [1.29, 1.82) is 0 Å². The predicted octanol–water partition coefficient (Wildman–Crippen LogP) is 4.58. The number of benzene rings is 3. The first-order chi connectivity index (χ1) is 23.2. The topological polar surface area (TPSA) is 178 Å². The molecule has 0 bridgehead atoms. The fraction of sp³-hybridized carbons (Fsp3) is 0.324. The first kappa shape index (κ1) is 37.5. The molecule has 1 heterocycles. The van der Waals surface area contributed by atoms with E-state index in [1.54, 1.807) is 74.5 Å². The number of esters is 1.